The molecule has 0 spiro atoms. The summed E-state index contributed by atoms with van der Waals surface area (Å²) in [7, 11) is 0. The van der Waals surface area contributed by atoms with Crippen LogP contribution in [0.15, 0.2) is 42.0 Å². The Hall–Kier alpha value is -1.24. The van der Waals surface area contributed by atoms with Gasteiger partial charge in [-0.25, -0.2) is 0 Å². The molecule has 0 saturated heterocycles. The summed E-state index contributed by atoms with van der Waals surface area (Å²) in [6, 6.07) is 10.2. The van der Waals surface area contributed by atoms with Crippen molar-refractivity contribution in [1.29, 1.82) is 0 Å². The number of allylic oxidation sites excluding steroid dienone is 2. The lowest BCUT2D eigenvalue weighted by Crippen LogP contribution is -2.14. The maximum Gasteiger partial charge on any atom is 0.119 e. The second-order valence-electron chi connectivity index (χ2n) is 8.82. The van der Waals surface area contributed by atoms with Crippen LogP contribution in [0, 0.1) is 17.8 Å². The molecule has 0 amide bonds. The molecule has 1 aliphatic rings. The van der Waals surface area contributed by atoms with Crippen molar-refractivity contribution in [1.82, 2.24) is 0 Å². The van der Waals surface area contributed by atoms with Gasteiger partial charge in [0.2, 0.25) is 0 Å². The number of rotatable bonds is 14. The Bertz CT molecular complexity index is 528. The van der Waals surface area contributed by atoms with Crippen LogP contribution in [0.2, 0.25) is 0 Å². The first-order chi connectivity index (χ1) is 13.8. The molecule has 0 fully saturated rings. The second kappa shape index (κ2) is 13.9. The molecule has 0 heterocycles. The molecule has 0 bridgehead atoms. The van der Waals surface area contributed by atoms with Crippen LogP contribution in [0.1, 0.15) is 97.8 Å². The minimum atomic E-state index is 0.791. The van der Waals surface area contributed by atoms with Gasteiger partial charge < -0.3 is 4.74 Å². The van der Waals surface area contributed by atoms with E-state index in [0.717, 1.165) is 30.1 Å². The first-order valence-electron chi connectivity index (χ1n) is 12.1. The summed E-state index contributed by atoms with van der Waals surface area (Å²) in [5, 5.41) is 0. The monoisotopic (exact) mass is 384 g/mol. The molecule has 1 heteroatoms. The summed E-state index contributed by atoms with van der Waals surface area (Å²) in [4.78, 5) is 0. The number of ether oxygens (including phenoxy) is 1. The molecule has 158 valence electrons. The summed E-state index contributed by atoms with van der Waals surface area (Å²) in [5.41, 5.74) is 1.77. The zero-order valence-corrected chi connectivity index (χ0v) is 18.8. The van der Waals surface area contributed by atoms with Gasteiger partial charge in [-0.2, -0.15) is 0 Å². The predicted molar refractivity (Wildman–Crippen MR) is 123 cm³/mol. The smallest absolute Gasteiger partial charge is 0.119 e. The number of benzene rings is 1. The van der Waals surface area contributed by atoms with Crippen LogP contribution in [-0.2, 0) is 0 Å². The molecule has 0 aromatic heterocycles. The van der Waals surface area contributed by atoms with Crippen LogP contribution in [0.25, 0.3) is 0 Å². The van der Waals surface area contributed by atoms with Crippen molar-refractivity contribution >= 4 is 0 Å². The summed E-state index contributed by atoms with van der Waals surface area (Å²) in [6.07, 6.45) is 18.8. The van der Waals surface area contributed by atoms with Gasteiger partial charge in [0.15, 0.2) is 0 Å². The van der Waals surface area contributed by atoms with Crippen LogP contribution in [0.5, 0.6) is 5.75 Å². The van der Waals surface area contributed by atoms with Gasteiger partial charge in [0.05, 0.1) is 6.61 Å². The lowest BCUT2D eigenvalue weighted by atomic mass is 9.78. The van der Waals surface area contributed by atoms with E-state index in [-0.39, 0.29) is 0 Å². The molecule has 28 heavy (non-hydrogen) atoms. The maximum absolute atomic E-state index is 5.92. The van der Waals surface area contributed by atoms with E-state index < -0.39 is 0 Å². The van der Waals surface area contributed by atoms with Crippen molar-refractivity contribution in [2.75, 3.05) is 6.61 Å². The van der Waals surface area contributed by atoms with Crippen molar-refractivity contribution < 1.29 is 4.74 Å². The zero-order valence-electron chi connectivity index (χ0n) is 18.8. The fraction of sp³-hybridized carbons (Fsp3) is 0.704. The van der Waals surface area contributed by atoms with Gasteiger partial charge in [0.1, 0.15) is 5.75 Å². The summed E-state index contributed by atoms with van der Waals surface area (Å²) in [5.74, 6) is 3.69. The number of hydrogen-bond acceptors (Lipinski definition) is 1. The Labute approximate surface area is 175 Å². The van der Waals surface area contributed by atoms with Crippen molar-refractivity contribution in [2.24, 2.45) is 17.8 Å². The molecule has 1 aliphatic carbocycles. The minimum absolute atomic E-state index is 0.791. The van der Waals surface area contributed by atoms with Crippen LogP contribution >= 0.6 is 0 Å². The molecule has 2 atom stereocenters. The number of unbranched alkanes of at least 4 members (excludes halogenated alkanes) is 1. The van der Waals surface area contributed by atoms with Gasteiger partial charge in [-0.1, -0.05) is 82.7 Å². The normalized spacial score (nSPS) is 18.1. The van der Waals surface area contributed by atoms with Crippen LogP contribution in [0.3, 0.4) is 0 Å². The molecule has 0 saturated carbocycles. The first-order valence-corrected chi connectivity index (χ1v) is 12.1. The highest BCUT2D eigenvalue weighted by Gasteiger charge is 2.21. The Balaban J connectivity index is 1.76. The lowest BCUT2D eigenvalue weighted by Gasteiger charge is -2.28. The largest absolute Gasteiger partial charge is 0.494 e. The molecule has 0 N–H and O–H groups in total. The van der Waals surface area contributed by atoms with Gasteiger partial charge in [-0.3, -0.25) is 0 Å². The van der Waals surface area contributed by atoms with Gasteiger partial charge in [0.25, 0.3) is 0 Å². The molecule has 0 aliphatic heterocycles. The average Bonchev–Trinajstić information content (AvgIpc) is 2.75. The third-order valence-electron chi connectivity index (χ3n) is 6.83. The molecule has 1 nitrogen and oxygen atoms in total. The molecular weight excluding hydrogens is 340 g/mol. The third-order valence-corrected chi connectivity index (χ3v) is 6.83. The minimum Gasteiger partial charge on any atom is -0.494 e. The van der Waals surface area contributed by atoms with E-state index in [4.69, 9.17) is 4.74 Å². The highest BCUT2D eigenvalue weighted by Crippen LogP contribution is 2.35. The van der Waals surface area contributed by atoms with E-state index in [1.54, 1.807) is 5.57 Å². The van der Waals surface area contributed by atoms with E-state index in [2.05, 4.69) is 39.0 Å². The SMILES string of the molecule is CCCCC(CCCOc1ccccc1)C1=CCC(CCC(CC)CC)CC1. The van der Waals surface area contributed by atoms with Crippen molar-refractivity contribution in [2.45, 2.75) is 97.8 Å². The van der Waals surface area contributed by atoms with E-state index in [1.807, 2.05) is 18.2 Å². The third kappa shape index (κ3) is 8.41. The van der Waals surface area contributed by atoms with Crippen molar-refractivity contribution in [3.63, 3.8) is 0 Å². The maximum atomic E-state index is 5.92. The second-order valence-corrected chi connectivity index (χ2v) is 8.82. The summed E-state index contributed by atoms with van der Waals surface area (Å²) < 4.78 is 5.92. The van der Waals surface area contributed by atoms with Gasteiger partial charge >= 0.3 is 0 Å². The number of para-hydroxylation sites is 1. The molecule has 0 radical (unpaired) electrons. The fourth-order valence-corrected chi connectivity index (χ4v) is 4.71. The van der Waals surface area contributed by atoms with Crippen molar-refractivity contribution in [3.05, 3.63) is 42.0 Å². The quantitative estimate of drug-likeness (QED) is 0.230. The fourth-order valence-electron chi connectivity index (χ4n) is 4.71. The lowest BCUT2D eigenvalue weighted by molar-refractivity contribution is 0.290. The summed E-state index contributed by atoms with van der Waals surface area (Å²) in [6.45, 7) is 7.87. The van der Waals surface area contributed by atoms with Gasteiger partial charge in [-0.05, 0) is 74.8 Å². The van der Waals surface area contributed by atoms with E-state index in [1.165, 1.54) is 77.0 Å². The predicted octanol–water partition coefficient (Wildman–Crippen LogP) is 8.59. The Morgan fingerprint density at radius 3 is 2.36 bits per heavy atom. The van der Waals surface area contributed by atoms with Gasteiger partial charge in [-0.15, -0.1) is 0 Å². The standard InChI is InChI=1S/C27H44O/c1-4-7-12-25(13-11-22-28-27-14-9-8-10-15-27)26-20-18-24(19-21-26)17-16-23(5-2)6-3/h8-10,14-15,20,23-25H,4-7,11-13,16-19,21-22H2,1-3H3. The molecule has 2 unspecified atom stereocenters. The van der Waals surface area contributed by atoms with E-state index in [9.17, 15) is 0 Å². The summed E-state index contributed by atoms with van der Waals surface area (Å²) >= 11 is 0. The zero-order chi connectivity index (χ0) is 20.0. The van der Waals surface area contributed by atoms with Crippen LogP contribution in [0.4, 0.5) is 0 Å². The molecule has 1 aromatic rings. The van der Waals surface area contributed by atoms with E-state index in [0.29, 0.717) is 0 Å². The first kappa shape index (κ1) is 23.0. The highest BCUT2D eigenvalue weighted by atomic mass is 16.5. The average molecular weight is 385 g/mol. The Morgan fingerprint density at radius 2 is 1.71 bits per heavy atom. The molecular formula is C27H44O. The van der Waals surface area contributed by atoms with Gasteiger partial charge in [0, 0.05) is 0 Å². The van der Waals surface area contributed by atoms with Crippen molar-refractivity contribution in [3.8, 4) is 5.75 Å². The van der Waals surface area contributed by atoms with Crippen LogP contribution < -0.4 is 4.74 Å². The topological polar surface area (TPSA) is 9.23 Å². The van der Waals surface area contributed by atoms with Crippen LogP contribution in [-0.4, -0.2) is 6.61 Å². The Kier molecular flexibility index (Phi) is 11.4. The molecule has 2 rings (SSSR count). The Morgan fingerprint density at radius 1 is 0.964 bits per heavy atom. The molecule has 1 aromatic carbocycles. The van der Waals surface area contributed by atoms with E-state index >= 15 is 0 Å². The number of hydrogen-bond donors (Lipinski definition) is 0. The highest BCUT2D eigenvalue weighted by molar-refractivity contribution is 5.20.